The van der Waals surface area contributed by atoms with Gasteiger partial charge in [0.2, 0.25) is 0 Å². The van der Waals surface area contributed by atoms with Crippen molar-refractivity contribution in [3.8, 4) is 23.3 Å². The van der Waals surface area contributed by atoms with Crippen LogP contribution in [0.1, 0.15) is 22.0 Å². The van der Waals surface area contributed by atoms with Crippen molar-refractivity contribution in [2.45, 2.75) is 36.8 Å². The summed E-state index contributed by atoms with van der Waals surface area (Å²) >= 11 is 0. The molecule has 170 valence electrons. The summed E-state index contributed by atoms with van der Waals surface area (Å²) in [6, 6.07) is 12.0. The molecule has 11 nitrogen and oxygen atoms in total. The largest absolute Gasteiger partial charge is 0.504 e. The van der Waals surface area contributed by atoms with Gasteiger partial charge in [0.15, 0.2) is 29.6 Å². The van der Waals surface area contributed by atoms with Gasteiger partial charge in [-0.2, -0.15) is 5.26 Å². The molecule has 1 fully saturated rings. The number of aromatic hydroxyl groups is 3. The zero-order chi connectivity index (χ0) is 23.4. The Hall–Kier alpha value is -3.40. The average Bonchev–Trinajstić information content (AvgIpc) is 2.80. The van der Waals surface area contributed by atoms with Crippen LogP contribution in [0.25, 0.3) is 0 Å². The van der Waals surface area contributed by atoms with E-state index in [4.69, 9.17) is 14.2 Å². The van der Waals surface area contributed by atoms with Gasteiger partial charge in [-0.15, -0.1) is 0 Å². The summed E-state index contributed by atoms with van der Waals surface area (Å²) < 4.78 is 15.9. The predicted octanol–water partition coefficient (Wildman–Crippen LogP) is 0.0493. The Morgan fingerprint density at radius 1 is 1.03 bits per heavy atom. The number of carbonyl (C=O) groups excluding carboxylic acids is 1. The molecule has 3 rings (SSSR count). The molecule has 6 atom stereocenters. The van der Waals surface area contributed by atoms with Crippen molar-refractivity contribution in [1.82, 2.24) is 0 Å². The van der Waals surface area contributed by atoms with Gasteiger partial charge in [0, 0.05) is 0 Å². The fourth-order valence-electron chi connectivity index (χ4n) is 3.08. The summed E-state index contributed by atoms with van der Waals surface area (Å²) in [5, 5.41) is 68.3. The molecule has 1 aliphatic heterocycles. The lowest BCUT2D eigenvalue weighted by Crippen LogP contribution is -2.59. The number of rotatable bonds is 6. The van der Waals surface area contributed by atoms with Crippen LogP contribution >= 0.6 is 0 Å². The number of carbonyl (C=O) groups is 1. The SMILES string of the molecule is N#C[C@H](OC1OC(COC(=O)c2cc(O)c(O)c(O)c2)C(O)C(O)C1O)c1ccccc1. The highest BCUT2D eigenvalue weighted by Gasteiger charge is 2.45. The minimum absolute atomic E-state index is 0.301. The van der Waals surface area contributed by atoms with Gasteiger partial charge in [-0.05, 0) is 17.7 Å². The molecule has 32 heavy (non-hydrogen) atoms. The first-order chi connectivity index (χ1) is 15.2. The molecule has 0 bridgehead atoms. The number of phenolic OH excluding ortho intramolecular Hbond substituents is 3. The Kier molecular flexibility index (Phi) is 7.14. The fraction of sp³-hybridized carbons (Fsp3) is 0.333. The Morgan fingerprint density at radius 3 is 2.25 bits per heavy atom. The summed E-state index contributed by atoms with van der Waals surface area (Å²) in [5.41, 5.74) is 0.173. The summed E-state index contributed by atoms with van der Waals surface area (Å²) in [6.07, 6.45) is -9.08. The van der Waals surface area contributed by atoms with Crippen LogP contribution in [0.2, 0.25) is 0 Å². The summed E-state index contributed by atoms with van der Waals surface area (Å²) in [5.74, 6) is -3.35. The van der Waals surface area contributed by atoms with Crippen LogP contribution in [-0.4, -0.2) is 73.9 Å². The topological polar surface area (TPSA) is 190 Å². The number of aliphatic hydroxyl groups is 3. The lowest BCUT2D eigenvalue weighted by Gasteiger charge is -2.40. The molecule has 0 amide bonds. The maximum atomic E-state index is 12.2. The second-order valence-corrected chi connectivity index (χ2v) is 7.03. The lowest BCUT2D eigenvalue weighted by molar-refractivity contribution is -0.307. The van der Waals surface area contributed by atoms with E-state index in [1.807, 2.05) is 6.07 Å². The van der Waals surface area contributed by atoms with Gasteiger partial charge < -0.3 is 44.8 Å². The third kappa shape index (κ3) is 4.91. The van der Waals surface area contributed by atoms with Crippen molar-refractivity contribution in [3.63, 3.8) is 0 Å². The Bertz CT molecular complexity index is 969. The maximum absolute atomic E-state index is 12.2. The van der Waals surface area contributed by atoms with Gasteiger partial charge in [-0.3, -0.25) is 0 Å². The normalized spacial score (nSPS) is 26.1. The maximum Gasteiger partial charge on any atom is 0.338 e. The number of phenols is 3. The van der Waals surface area contributed by atoms with Gasteiger partial charge in [0.1, 0.15) is 31.0 Å². The number of aliphatic hydroxyl groups excluding tert-OH is 3. The predicted molar refractivity (Wildman–Crippen MR) is 104 cm³/mol. The molecule has 1 saturated heterocycles. The molecule has 0 saturated carbocycles. The van der Waals surface area contributed by atoms with Gasteiger partial charge in [0.25, 0.3) is 0 Å². The first-order valence-electron chi connectivity index (χ1n) is 9.44. The summed E-state index contributed by atoms with van der Waals surface area (Å²) in [6.45, 7) is -0.603. The first kappa shape index (κ1) is 23.3. The van der Waals surface area contributed by atoms with Gasteiger partial charge in [0.05, 0.1) is 11.6 Å². The third-order valence-electron chi connectivity index (χ3n) is 4.84. The standard InChI is InChI=1S/C21H21NO10/c22-8-14(10-4-2-1-3-5-10)31-21-19(28)18(27)17(26)15(32-21)9-30-20(29)11-6-12(23)16(25)13(24)7-11/h1-7,14-15,17-19,21,23-28H,9H2/t14-,15?,17?,18?,19?,21?/m0/s1. The van der Waals surface area contributed by atoms with Crippen LogP contribution in [0, 0.1) is 11.3 Å². The Labute approximate surface area is 181 Å². The van der Waals surface area contributed by atoms with E-state index in [-0.39, 0.29) is 5.56 Å². The Balaban J connectivity index is 1.69. The van der Waals surface area contributed by atoms with E-state index >= 15 is 0 Å². The minimum atomic E-state index is -1.73. The summed E-state index contributed by atoms with van der Waals surface area (Å²) in [4.78, 5) is 12.2. The molecule has 0 aromatic heterocycles. The van der Waals surface area contributed by atoms with E-state index in [0.29, 0.717) is 5.56 Å². The van der Waals surface area contributed by atoms with Gasteiger partial charge in [-0.25, -0.2) is 4.79 Å². The number of ether oxygens (including phenoxy) is 3. The highest BCUT2D eigenvalue weighted by Crippen LogP contribution is 2.35. The van der Waals surface area contributed by atoms with E-state index in [1.54, 1.807) is 30.3 Å². The molecule has 5 unspecified atom stereocenters. The van der Waals surface area contributed by atoms with E-state index in [0.717, 1.165) is 12.1 Å². The second kappa shape index (κ2) is 9.82. The van der Waals surface area contributed by atoms with Gasteiger partial charge in [-0.1, -0.05) is 30.3 Å². The molecule has 1 aliphatic rings. The molecular formula is C21H21NO10. The average molecular weight is 447 g/mol. The number of benzene rings is 2. The zero-order valence-electron chi connectivity index (χ0n) is 16.5. The molecule has 11 heteroatoms. The molecular weight excluding hydrogens is 426 g/mol. The van der Waals surface area contributed by atoms with E-state index < -0.39 is 66.6 Å². The fourth-order valence-corrected chi connectivity index (χ4v) is 3.08. The molecule has 0 radical (unpaired) electrons. The van der Waals surface area contributed by atoms with Crippen LogP contribution < -0.4 is 0 Å². The van der Waals surface area contributed by atoms with Crippen molar-refractivity contribution < 1.29 is 49.6 Å². The molecule has 2 aromatic carbocycles. The van der Waals surface area contributed by atoms with E-state index in [2.05, 4.69) is 0 Å². The number of nitrogens with zero attached hydrogens (tertiary/aromatic N) is 1. The highest BCUT2D eigenvalue weighted by molar-refractivity contribution is 5.91. The summed E-state index contributed by atoms with van der Waals surface area (Å²) in [7, 11) is 0. The van der Waals surface area contributed by atoms with E-state index in [9.17, 15) is 40.7 Å². The number of hydrogen-bond acceptors (Lipinski definition) is 11. The first-order valence-corrected chi connectivity index (χ1v) is 9.44. The van der Waals surface area contributed by atoms with Crippen LogP contribution in [0.5, 0.6) is 17.2 Å². The zero-order valence-corrected chi connectivity index (χ0v) is 16.5. The quantitative estimate of drug-likeness (QED) is 0.259. The van der Waals surface area contributed by atoms with Crippen molar-refractivity contribution in [3.05, 3.63) is 53.6 Å². The van der Waals surface area contributed by atoms with Gasteiger partial charge >= 0.3 is 5.97 Å². The molecule has 2 aromatic rings. The highest BCUT2D eigenvalue weighted by atomic mass is 16.7. The van der Waals surface area contributed by atoms with Crippen molar-refractivity contribution in [2.24, 2.45) is 0 Å². The van der Waals surface area contributed by atoms with Crippen LogP contribution in [0.4, 0.5) is 0 Å². The molecule has 6 N–H and O–H groups in total. The minimum Gasteiger partial charge on any atom is -0.504 e. The van der Waals surface area contributed by atoms with Crippen LogP contribution in [0.15, 0.2) is 42.5 Å². The molecule has 1 heterocycles. The van der Waals surface area contributed by atoms with Crippen molar-refractivity contribution in [2.75, 3.05) is 6.61 Å². The number of hydrogen-bond donors (Lipinski definition) is 6. The molecule has 0 spiro atoms. The van der Waals surface area contributed by atoms with Crippen LogP contribution in [-0.2, 0) is 14.2 Å². The number of nitriles is 1. The second-order valence-electron chi connectivity index (χ2n) is 7.03. The Morgan fingerprint density at radius 2 is 1.66 bits per heavy atom. The lowest BCUT2D eigenvalue weighted by atomic mass is 9.99. The van der Waals surface area contributed by atoms with Crippen LogP contribution in [0.3, 0.4) is 0 Å². The number of esters is 1. The van der Waals surface area contributed by atoms with Crippen molar-refractivity contribution >= 4 is 5.97 Å². The van der Waals surface area contributed by atoms with E-state index in [1.165, 1.54) is 0 Å². The van der Waals surface area contributed by atoms with Crippen molar-refractivity contribution in [1.29, 1.82) is 5.26 Å². The smallest absolute Gasteiger partial charge is 0.338 e. The third-order valence-corrected chi connectivity index (χ3v) is 4.84. The molecule has 0 aliphatic carbocycles. The monoisotopic (exact) mass is 447 g/mol.